The van der Waals surface area contributed by atoms with E-state index in [1.165, 1.54) is 18.3 Å². The van der Waals surface area contributed by atoms with Crippen molar-refractivity contribution >= 4 is 40.8 Å². The van der Waals surface area contributed by atoms with Crippen LogP contribution in [0.3, 0.4) is 0 Å². The second-order valence-electron chi connectivity index (χ2n) is 4.96. The van der Waals surface area contributed by atoms with Crippen LogP contribution in [0.5, 0.6) is 11.5 Å². The Kier molecular flexibility index (Phi) is 7.06. The van der Waals surface area contributed by atoms with Crippen LogP contribution in [0.1, 0.15) is 19.4 Å². The number of nitro groups is 1. The van der Waals surface area contributed by atoms with Gasteiger partial charge in [-0.1, -0.05) is 29.3 Å². The van der Waals surface area contributed by atoms with Crippen molar-refractivity contribution in [2.75, 3.05) is 18.6 Å². The molecule has 2 rings (SSSR count). The summed E-state index contributed by atoms with van der Waals surface area (Å²) in [5, 5.41) is 15.5. The minimum Gasteiger partial charge on any atom is -0.491 e. The Morgan fingerprint density at radius 2 is 1.88 bits per heavy atom. The molecule has 2 aromatic carbocycles. The molecule has 0 heterocycles. The second kappa shape index (κ2) is 9.26. The highest BCUT2D eigenvalue weighted by Crippen LogP contribution is 2.42. The Balaban J connectivity index is 2.29. The van der Waals surface area contributed by atoms with Gasteiger partial charge >= 0.3 is 0 Å². The number of non-ortho nitro benzene ring substituents is 1. The summed E-state index contributed by atoms with van der Waals surface area (Å²) in [4.78, 5) is 10.3. The molecule has 26 heavy (non-hydrogen) atoms. The summed E-state index contributed by atoms with van der Waals surface area (Å²) in [6, 6.07) is 7.62. The maximum Gasteiger partial charge on any atom is 0.271 e. The predicted molar refractivity (Wildman–Crippen MR) is 103 cm³/mol. The summed E-state index contributed by atoms with van der Waals surface area (Å²) in [5.74, 6) is 0.745. The molecule has 0 saturated heterocycles. The van der Waals surface area contributed by atoms with E-state index in [2.05, 4.69) is 10.5 Å². The molecule has 0 aromatic heterocycles. The maximum atomic E-state index is 10.8. The molecular formula is C17H17Cl2N3O4. The van der Waals surface area contributed by atoms with Crippen molar-refractivity contribution in [2.45, 2.75) is 13.8 Å². The first kappa shape index (κ1) is 19.8. The number of nitrogens with one attached hydrogen (secondary N) is 1. The summed E-state index contributed by atoms with van der Waals surface area (Å²) >= 11 is 12.6. The Morgan fingerprint density at radius 3 is 2.54 bits per heavy atom. The first-order valence-electron chi connectivity index (χ1n) is 7.79. The Labute approximate surface area is 160 Å². The lowest BCUT2D eigenvalue weighted by atomic mass is 10.2. The number of anilines is 1. The van der Waals surface area contributed by atoms with E-state index in [4.69, 9.17) is 32.7 Å². The molecule has 0 aliphatic heterocycles. The highest BCUT2D eigenvalue weighted by molar-refractivity contribution is 6.38. The molecule has 0 aliphatic rings. The minimum atomic E-state index is -0.478. The molecule has 0 saturated carbocycles. The van der Waals surface area contributed by atoms with Crippen molar-refractivity contribution in [3.8, 4) is 11.5 Å². The zero-order chi connectivity index (χ0) is 19.1. The third-order valence-electron chi connectivity index (χ3n) is 3.19. The summed E-state index contributed by atoms with van der Waals surface area (Å²) < 4.78 is 11.0. The lowest BCUT2D eigenvalue weighted by Gasteiger charge is -2.15. The van der Waals surface area contributed by atoms with Crippen molar-refractivity contribution in [1.29, 1.82) is 0 Å². The lowest BCUT2D eigenvalue weighted by Crippen LogP contribution is -2.02. The van der Waals surface area contributed by atoms with Crippen molar-refractivity contribution < 1.29 is 14.4 Å². The molecule has 0 aliphatic carbocycles. The Hall–Kier alpha value is -2.51. The molecule has 0 unspecified atom stereocenters. The second-order valence-corrected chi connectivity index (χ2v) is 5.75. The monoisotopic (exact) mass is 397 g/mol. The number of nitrogens with zero attached hydrogens (tertiary/aromatic N) is 2. The number of rotatable bonds is 8. The van der Waals surface area contributed by atoms with Gasteiger partial charge in [0.2, 0.25) is 0 Å². The standard InChI is InChI=1S/C17H17Cl2N3O4/c1-3-25-16-11(8-14(18)17(15(16)19)26-4-2)10-20-21-12-6-5-7-13(9-12)22(23)24/h5-10,21H,3-4H2,1-2H3. The molecule has 0 radical (unpaired) electrons. The van der Waals surface area contributed by atoms with Crippen LogP contribution in [-0.2, 0) is 0 Å². The fourth-order valence-electron chi connectivity index (χ4n) is 2.13. The molecule has 138 valence electrons. The first-order chi connectivity index (χ1) is 12.5. The number of nitro benzene ring substituents is 1. The smallest absolute Gasteiger partial charge is 0.271 e. The van der Waals surface area contributed by atoms with Gasteiger partial charge in [0.05, 0.1) is 35.1 Å². The van der Waals surface area contributed by atoms with E-state index in [9.17, 15) is 10.1 Å². The largest absolute Gasteiger partial charge is 0.491 e. The maximum absolute atomic E-state index is 10.8. The zero-order valence-corrected chi connectivity index (χ0v) is 15.7. The van der Waals surface area contributed by atoms with E-state index in [0.29, 0.717) is 41.0 Å². The number of benzene rings is 2. The Morgan fingerprint density at radius 1 is 1.19 bits per heavy atom. The summed E-state index contributed by atoms with van der Waals surface area (Å²) in [6.45, 7) is 4.46. The lowest BCUT2D eigenvalue weighted by molar-refractivity contribution is -0.384. The molecule has 9 heteroatoms. The normalized spacial score (nSPS) is 10.8. The van der Waals surface area contributed by atoms with Crippen LogP contribution in [0.2, 0.25) is 10.0 Å². The van der Waals surface area contributed by atoms with Crippen molar-refractivity contribution in [3.63, 3.8) is 0 Å². The van der Waals surface area contributed by atoms with Gasteiger partial charge in [-0.15, -0.1) is 0 Å². The minimum absolute atomic E-state index is 0.0349. The SMILES string of the molecule is CCOc1c(Cl)cc(C=NNc2cccc([N+](=O)[O-])c2)c(OCC)c1Cl. The van der Waals surface area contributed by atoms with Gasteiger partial charge < -0.3 is 9.47 Å². The topological polar surface area (TPSA) is 86.0 Å². The third-order valence-corrected chi connectivity index (χ3v) is 3.82. The molecule has 0 bridgehead atoms. The number of ether oxygens (including phenoxy) is 2. The molecule has 0 fully saturated rings. The predicted octanol–water partition coefficient (Wildman–Crippen LogP) is 5.15. The molecule has 0 amide bonds. The highest BCUT2D eigenvalue weighted by atomic mass is 35.5. The van der Waals surface area contributed by atoms with Crippen LogP contribution >= 0.6 is 23.2 Å². The first-order valence-corrected chi connectivity index (χ1v) is 8.54. The van der Waals surface area contributed by atoms with Crippen molar-refractivity contribution in [2.24, 2.45) is 5.10 Å². The van der Waals surface area contributed by atoms with Crippen molar-refractivity contribution in [1.82, 2.24) is 0 Å². The van der Waals surface area contributed by atoms with Gasteiger partial charge in [0.25, 0.3) is 5.69 Å². The molecule has 1 N–H and O–H groups in total. The average molecular weight is 398 g/mol. The van der Waals surface area contributed by atoms with Crippen LogP contribution in [0.25, 0.3) is 0 Å². The number of hydrogen-bond donors (Lipinski definition) is 1. The number of hydrogen-bond acceptors (Lipinski definition) is 6. The Bertz CT molecular complexity index is 828. The average Bonchev–Trinajstić information content (AvgIpc) is 2.62. The molecule has 0 atom stereocenters. The summed E-state index contributed by atoms with van der Waals surface area (Å²) in [7, 11) is 0. The van der Waals surface area contributed by atoms with Gasteiger partial charge in [0, 0.05) is 17.7 Å². The van der Waals surface area contributed by atoms with E-state index in [1.54, 1.807) is 18.2 Å². The van der Waals surface area contributed by atoms with Crippen LogP contribution in [0.15, 0.2) is 35.4 Å². The molecular weight excluding hydrogens is 381 g/mol. The van der Waals surface area contributed by atoms with E-state index >= 15 is 0 Å². The van der Waals surface area contributed by atoms with Gasteiger partial charge in [-0.05, 0) is 26.0 Å². The molecule has 2 aromatic rings. The van der Waals surface area contributed by atoms with Crippen LogP contribution in [0.4, 0.5) is 11.4 Å². The summed E-state index contributed by atoms with van der Waals surface area (Å²) in [5.41, 5.74) is 3.71. The van der Waals surface area contributed by atoms with Gasteiger partial charge in [0.15, 0.2) is 11.5 Å². The van der Waals surface area contributed by atoms with E-state index in [1.807, 2.05) is 13.8 Å². The number of halogens is 2. The highest BCUT2D eigenvalue weighted by Gasteiger charge is 2.17. The van der Waals surface area contributed by atoms with Gasteiger partial charge in [0.1, 0.15) is 5.02 Å². The number of hydrazone groups is 1. The van der Waals surface area contributed by atoms with E-state index in [0.717, 1.165) is 0 Å². The van der Waals surface area contributed by atoms with E-state index < -0.39 is 4.92 Å². The third kappa shape index (κ3) is 4.77. The van der Waals surface area contributed by atoms with Gasteiger partial charge in [-0.2, -0.15) is 5.10 Å². The van der Waals surface area contributed by atoms with Gasteiger partial charge in [-0.25, -0.2) is 0 Å². The van der Waals surface area contributed by atoms with E-state index in [-0.39, 0.29) is 10.7 Å². The van der Waals surface area contributed by atoms with Crippen molar-refractivity contribution in [3.05, 3.63) is 56.1 Å². The fourth-order valence-corrected chi connectivity index (χ4v) is 2.77. The quantitative estimate of drug-likeness (QED) is 0.378. The van der Waals surface area contributed by atoms with Crippen LogP contribution in [0, 0.1) is 10.1 Å². The zero-order valence-electron chi connectivity index (χ0n) is 14.2. The molecule has 0 spiro atoms. The summed E-state index contributed by atoms with van der Waals surface area (Å²) in [6.07, 6.45) is 1.47. The molecule has 7 nitrogen and oxygen atoms in total. The van der Waals surface area contributed by atoms with Gasteiger partial charge in [-0.3, -0.25) is 15.5 Å². The fraction of sp³-hybridized carbons (Fsp3) is 0.235. The van der Waals surface area contributed by atoms with Crippen LogP contribution < -0.4 is 14.9 Å². The van der Waals surface area contributed by atoms with Crippen LogP contribution in [-0.4, -0.2) is 24.4 Å².